The van der Waals surface area contributed by atoms with Crippen LogP contribution in [-0.2, 0) is 0 Å². The normalized spacial score (nSPS) is 20.1. The maximum Gasteiger partial charge on any atom is 0.335 e. The molecule has 1 fully saturated rings. The van der Waals surface area contributed by atoms with Crippen LogP contribution < -0.4 is 16.4 Å². The highest BCUT2D eigenvalue weighted by atomic mass is 79.9. The Hall–Kier alpha value is -2.09. The van der Waals surface area contributed by atoms with Gasteiger partial charge in [0.25, 0.3) is 0 Å². The number of carboxylic acid groups (broad SMARTS) is 1. The van der Waals surface area contributed by atoms with Crippen LogP contribution in [0, 0.1) is 0 Å². The molecule has 2 aliphatic rings. The number of rotatable bonds is 2. The molecule has 1 spiro atoms. The fraction of sp³-hybridized carbons (Fsp3) is 0.400. The zero-order chi connectivity index (χ0) is 16.6. The minimum absolute atomic E-state index is 0.175. The summed E-state index contributed by atoms with van der Waals surface area (Å²) in [4.78, 5) is 21.8. The average Bonchev–Trinajstić information content (AvgIpc) is 2.46. The van der Waals surface area contributed by atoms with Crippen LogP contribution in [0.2, 0.25) is 0 Å². The summed E-state index contributed by atoms with van der Waals surface area (Å²) in [6.07, 6.45) is 4.78. The summed E-state index contributed by atoms with van der Waals surface area (Å²) < 4.78 is 0.661. The average molecular weight is 380 g/mol. The summed E-state index contributed by atoms with van der Waals surface area (Å²) >= 11 is 3.36. The van der Waals surface area contributed by atoms with Crippen LogP contribution in [-0.4, -0.2) is 28.7 Å². The first-order valence-corrected chi connectivity index (χ1v) is 8.24. The number of carbonyl (C=O) groups is 1. The van der Waals surface area contributed by atoms with Crippen molar-refractivity contribution in [2.24, 2.45) is 21.5 Å². The lowest BCUT2D eigenvalue weighted by atomic mass is 9.87. The molecule has 0 saturated heterocycles. The van der Waals surface area contributed by atoms with Gasteiger partial charge in [0, 0.05) is 10.2 Å². The van der Waals surface area contributed by atoms with Crippen LogP contribution in [0.3, 0.4) is 0 Å². The van der Waals surface area contributed by atoms with E-state index in [9.17, 15) is 9.90 Å². The summed E-state index contributed by atoms with van der Waals surface area (Å²) in [6.45, 7) is 0. The molecule has 8 heteroatoms. The first kappa shape index (κ1) is 15.8. The number of anilines is 1. The van der Waals surface area contributed by atoms with Crippen LogP contribution >= 0.6 is 15.9 Å². The van der Waals surface area contributed by atoms with Gasteiger partial charge in [-0.1, -0.05) is 22.4 Å². The molecule has 0 bridgehead atoms. The maximum absolute atomic E-state index is 11.3. The number of halogens is 1. The fourth-order valence-corrected chi connectivity index (χ4v) is 3.80. The van der Waals surface area contributed by atoms with Crippen molar-refractivity contribution in [2.75, 3.05) is 4.90 Å². The molecule has 1 aliphatic heterocycles. The summed E-state index contributed by atoms with van der Waals surface area (Å²) in [6, 6.07) is 4.96. The van der Waals surface area contributed by atoms with E-state index in [1.807, 2.05) is 11.0 Å². The van der Waals surface area contributed by atoms with Crippen LogP contribution in [0.25, 0.3) is 0 Å². The summed E-state index contributed by atoms with van der Waals surface area (Å²) in [5.74, 6) is -0.580. The molecule has 3 rings (SSSR count). The zero-order valence-corrected chi connectivity index (χ0v) is 14.1. The summed E-state index contributed by atoms with van der Waals surface area (Å²) in [7, 11) is 0. The number of aromatic carboxylic acids is 1. The number of nitrogens with two attached hydrogens (primary N) is 2. The SMILES string of the molecule is NC1=NC2(CCCCC2)N(c2cc(Br)cc(C(=O)O)c2)C(N)=N1. The van der Waals surface area contributed by atoms with Crippen molar-refractivity contribution in [2.45, 2.75) is 37.8 Å². The Morgan fingerprint density at radius 1 is 1.22 bits per heavy atom. The standard InChI is InChI=1S/C15H18BrN5O2/c16-10-6-9(12(22)23)7-11(8-10)21-14(18)19-13(17)20-15(21)4-2-1-3-5-15/h6-8H,1-5H2,(H,22,23)(H4,17,18,19,20). The van der Waals surface area contributed by atoms with E-state index >= 15 is 0 Å². The Kier molecular flexibility index (Phi) is 4.01. The van der Waals surface area contributed by atoms with Gasteiger partial charge in [0.2, 0.25) is 11.9 Å². The van der Waals surface area contributed by atoms with Crippen molar-refractivity contribution < 1.29 is 9.90 Å². The second-order valence-corrected chi connectivity index (χ2v) is 6.74. The molecule has 0 amide bonds. The van der Waals surface area contributed by atoms with E-state index in [0.717, 1.165) is 32.1 Å². The largest absolute Gasteiger partial charge is 0.478 e. The molecule has 5 N–H and O–H groups in total. The Balaban J connectivity index is 2.12. The lowest BCUT2D eigenvalue weighted by Gasteiger charge is -2.45. The third-order valence-corrected chi connectivity index (χ3v) is 4.70. The molecule has 1 aliphatic carbocycles. The molecule has 23 heavy (non-hydrogen) atoms. The number of carboxylic acids is 1. The van der Waals surface area contributed by atoms with Gasteiger partial charge < -0.3 is 16.6 Å². The molecule has 122 valence electrons. The topological polar surface area (TPSA) is 117 Å². The van der Waals surface area contributed by atoms with Crippen molar-refractivity contribution in [1.29, 1.82) is 0 Å². The van der Waals surface area contributed by atoms with E-state index in [1.165, 1.54) is 0 Å². The molecule has 7 nitrogen and oxygen atoms in total. The molecule has 0 atom stereocenters. The monoisotopic (exact) mass is 379 g/mol. The lowest BCUT2D eigenvalue weighted by molar-refractivity contribution is 0.0696. The summed E-state index contributed by atoms with van der Waals surface area (Å²) in [5, 5.41) is 9.29. The van der Waals surface area contributed by atoms with Crippen LogP contribution in [0.15, 0.2) is 32.7 Å². The van der Waals surface area contributed by atoms with Crippen LogP contribution in [0.5, 0.6) is 0 Å². The highest BCUT2D eigenvalue weighted by Crippen LogP contribution is 2.40. The molecule has 1 aromatic carbocycles. The molecule has 0 unspecified atom stereocenters. The van der Waals surface area contributed by atoms with Gasteiger partial charge in [0.05, 0.1) is 5.56 Å². The van der Waals surface area contributed by atoms with Gasteiger partial charge in [-0.3, -0.25) is 4.90 Å². The third-order valence-electron chi connectivity index (χ3n) is 4.24. The Morgan fingerprint density at radius 3 is 2.57 bits per heavy atom. The van der Waals surface area contributed by atoms with E-state index in [2.05, 4.69) is 25.9 Å². The predicted molar refractivity (Wildman–Crippen MR) is 92.6 cm³/mol. The smallest absolute Gasteiger partial charge is 0.335 e. The van der Waals surface area contributed by atoms with Crippen LogP contribution in [0.1, 0.15) is 42.5 Å². The number of aliphatic imine (C=N–C) groups is 2. The predicted octanol–water partition coefficient (Wildman–Crippen LogP) is 2.26. The van der Waals surface area contributed by atoms with E-state index in [4.69, 9.17) is 11.5 Å². The molecule has 0 radical (unpaired) electrons. The van der Waals surface area contributed by atoms with Crippen molar-refractivity contribution in [3.05, 3.63) is 28.2 Å². The molecule has 1 heterocycles. The number of hydrogen-bond acceptors (Lipinski definition) is 6. The minimum Gasteiger partial charge on any atom is -0.478 e. The molecule has 0 aromatic heterocycles. The third kappa shape index (κ3) is 2.90. The Morgan fingerprint density at radius 2 is 1.91 bits per heavy atom. The van der Waals surface area contributed by atoms with E-state index in [-0.39, 0.29) is 17.5 Å². The lowest BCUT2D eigenvalue weighted by Crippen LogP contribution is -2.58. The van der Waals surface area contributed by atoms with E-state index in [1.54, 1.807) is 12.1 Å². The van der Waals surface area contributed by atoms with Crippen molar-refractivity contribution >= 4 is 39.5 Å². The summed E-state index contributed by atoms with van der Waals surface area (Å²) in [5.41, 5.74) is 12.2. The van der Waals surface area contributed by atoms with Gasteiger partial charge in [-0.15, -0.1) is 0 Å². The molecular formula is C15H18BrN5O2. The Labute approximate surface area is 142 Å². The second-order valence-electron chi connectivity index (χ2n) is 5.82. The van der Waals surface area contributed by atoms with Gasteiger partial charge >= 0.3 is 5.97 Å². The Bertz CT molecular complexity index is 710. The quantitative estimate of drug-likeness (QED) is 0.728. The van der Waals surface area contributed by atoms with Crippen LogP contribution in [0.4, 0.5) is 5.69 Å². The van der Waals surface area contributed by atoms with Crippen molar-refractivity contribution in [3.8, 4) is 0 Å². The van der Waals surface area contributed by atoms with E-state index < -0.39 is 11.6 Å². The van der Waals surface area contributed by atoms with Crippen molar-refractivity contribution in [3.63, 3.8) is 0 Å². The highest BCUT2D eigenvalue weighted by molar-refractivity contribution is 9.10. The minimum atomic E-state index is -0.999. The first-order chi connectivity index (χ1) is 10.9. The number of benzene rings is 1. The van der Waals surface area contributed by atoms with E-state index in [0.29, 0.717) is 10.2 Å². The maximum atomic E-state index is 11.3. The van der Waals surface area contributed by atoms with Gasteiger partial charge in [0.1, 0.15) is 5.66 Å². The number of guanidine groups is 2. The number of nitrogens with zero attached hydrogens (tertiary/aromatic N) is 3. The van der Waals surface area contributed by atoms with Crippen molar-refractivity contribution in [1.82, 2.24) is 0 Å². The highest BCUT2D eigenvalue weighted by Gasteiger charge is 2.42. The molecule has 1 saturated carbocycles. The molecule has 1 aromatic rings. The first-order valence-electron chi connectivity index (χ1n) is 7.45. The molecular weight excluding hydrogens is 362 g/mol. The van der Waals surface area contributed by atoms with Gasteiger partial charge in [-0.25, -0.2) is 9.79 Å². The fourth-order valence-electron chi connectivity index (χ4n) is 3.32. The van der Waals surface area contributed by atoms with Gasteiger partial charge in [0.15, 0.2) is 0 Å². The van der Waals surface area contributed by atoms with Gasteiger partial charge in [-0.05, 0) is 43.9 Å². The number of hydrogen-bond donors (Lipinski definition) is 3. The zero-order valence-electron chi connectivity index (χ0n) is 12.5. The van der Waals surface area contributed by atoms with Gasteiger partial charge in [-0.2, -0.15) is 4.99 Å². The second kappa shape index (κ2) is 5.84.